The van der Waals surface area contributed by atoms with Gasteiger partial charge in [-0.15, -0.1) is 0 Å². The number of carbonyl (C=O) groups excluding carboxylic acids is 1. The van der Waals surface area contributed by atoms with Gasteiger partial charge in [0.25, 0.3) is 0 Å². The van der Waals surface area contributed by atoms with Crippen LogP contribution in [0.3, 0.4) is 0 Å². The van der Waals surface area contributed by atoms with Crippen LogP contribution >= 0.6 is 0 Å². The fourth-order valence-corrected chi connectivity index (χ4v) is 2.55. The van der Waals surface area contributed by atoms with Gasteiger partial charge in [-0.3, -0.25) is 4.79 Å². The summed E-state index contributed by atoms with van der Waals surface area (Å²) < 4.78 is 5.29. The zero-order chi connectivity index (χ0) is 15.8. The number of rotatable bonds is 8. The lowest BCUT2D eigenvalue weighted by Gasteiger charge is -2.18. The number of aryl methyl sites for hydroxylation is 1. The van der Waals surface area contributed by atoms with Gasteiger partial charge in [0.1, 0.15) is 11.7 Å². The molecule has 3 nitrogen and oxygen atoms in total. The highest BCUT2D eigenvalue weighted by Crippen LogP contribution is 2.28. The number of Topliss-reactive ketones (excluding diaryl/α,β-unsaturated/α-hetero) is 1. The van der Waals surface area contributed by atoms with Gasteiger partial charge in [-0.05, 0) is 37.0 Å². The molecular weight excluding hydrogens is 262 g/mol. The van der Waals surface area contributed by atoms with Gasteiger partial charge in [-0.1, -0.05) is 38.8 Å². The summed E-state index contributed by atoms with van der Waals surface area (Å²) in [5.41, 5.74) is 1.74. The topological polar surface area (TPSA) is 50.1 Å². The maximum Gasteiger partial charge on any atom is 0.157 e. The van der Waals surface area contributed by atoms with E-state index >= 15 is 0 Å². The van der Waals surface area contributed by atoms with Gasteiger partial charge in [-0.2, -0.15) is 5.26 Å². The number of hydrogen-bond acceptors (Lipinski definition) is 3. The minimum absolute atomic E-state index is 0.0260. The summed E-state index contributed by atoms with van der Waals surface area (Å²) in [7, 11) is 1.60. The van der Waals surface area contributed by atoms with E-state index in [9.17, 15) is 10.1 Å². The molecule has 0 aromatic heterocycles. The molecule has 1 aromatic rings. The molecule has 0 heterocycles. The van der Waals surface area contributed by atoms with Crippen molar-refractivity contribution in [3.8, 4) is 11.8 Å². The summed E-state index contributed by atoms with van der Waals surface area (Å²) in [5.74, 6) is 0.0460. The Morgan fingerprint density at radius 1 is 1.38 bits per heavy atom. The van der Waals surface area contributed by atoms with Crippen LogP contribution in [0.15, 0.2) is 18.2 Å². The molecule has 0 aliphatic rings. The van der Waals surface area contributed by atoms with Gasteiger partial charge in [0.2, 0.25) is 0 Å². The number of ether oxygens (including phenoxy) is 1. The molecule has 2 unspecified atom stereocenters. The Hall–Kier alpha value is -1.82. The molecule has 0 bridgehead atoms. The maximum absolute atomic E-state index is 12.6. The molecule has 0 N–H and O–H groups in total. The lowest BCUT2D eigenvalue weighted by atomic mass is 9.84. The third-order valence-electron chi connectivity index (χ3n) is 3.98. The van der Waals surface area contributed by atoms with Gasteiger partial charge in [-0.25, -0.2) is 0 Å². The summed E-state index contributed by atoms with van der Waals surface area (Å²) in [5, 5.41) is 9.44. The van der Waals surface area contributed by atoms with Crippen LogP contribution in [0.2, 0.25) is 0 Å². The van der Waals surface area contributed by atoms with Crippen LogP contribution in [0.25, 0.3) is 0 Å². The number of hydrogen-bond donors (Lipinski definition) is 0. The highest BCUT2D eigenvalue weighted by molar-refractivity contribution is 5.90. The highest BCUT2D eigenvalue weighted by atomic mass is 16.5. The average Bonchev–Trinajstić information content (AvgIpc) is 2.50. The van der Waals surface area contributed by atoms with Crippen molar-refractivity contribution in [2.24, 2.45) is 5.92 Å². The molecule has 1 rings (SSSR count). The molecule has 0 aliphatic heterocycles. The molecular formula is C18H25NO2. The number of nitrogens with zero attached hydrogens (tertiary/aromatic N) is 1. The van der Waals surface area contributed by atoms with E-state index in [1.54, 1.807) is 7.11 Å². The molecule has 0 radical (unpaired) electrons. The summed E-state index contributed by atoms with van der Waals surface area (Å²) in [4.78, 5) is 12.6. The maximum atomic E-state index is 12.6. The number of nitriles is 1. The average molecular weight is 287 g/mol. The fourth-order valence-electron chi connectivity index (χ4n) is 2.55. The molecule has 0 aliphatic carbocycles. The van der Waals surface area contributed by atoms with E-state index in [2.05, 4.69) is 13.0 Å². The lowest BCUT2D eigenvalue weighted by Crippen LogP contribution is -2.21. The smallest absolute Gasteiger partial charge is 0.157 e. The summed E-state index contributed by atoms with van der Waals surface area (Å²) >= 11 is 0. The largest absolute Gasteiger partial charge is 0.496 e. The normalized spacial score (nSPS) is 13.3. The summed E-state index contributed by atoms with van der Waals surface area (Å²) in [6.45, 7) is 6.08. The molecule has 2 atom stereocenters. The van der Waals surface area contributed by atoms with Crippen molar-refractivity contribution < 1.29 is 9.53 Å². The summed E-state index contributed by atoms with van der Waals surface area (Å²) in [6.07, 6.45) is 3.76. The van der Waals surface area contributed by atoms with Crippen LogP contribution in [0, 0.1) is 24.2 Å². The van der Waals surface area contributed by atoms with Crippen LogP contribution in [0.5, 0.6) is 5.75 Å². The van der Waals surface area contributed by atoms with Crippen LogP contribution in [-0.4, -0.2) is 12.9 Å². The zero-order valence-corrected chi connectivity index (χ0v) is 13.5. The van der Waals surface area contributed by atoms with E-state index in [1.807, 2.05) is 32.0 Å². The van der Waals surface area contributed by atoms with E-state index in [1.165, 1.54) is 0 Å². The second-order valence-corrected chi connectivity index (χ2v) is 5.44. The van der Waals surface area contributed by atoms with Crippen molar-refractivity contribution in [2.45, 2.75) is 52.4 Å². The lowest BCUT2D eigenvalue weighted by molar-refractivity contribution is -0.123. The number of benzene rings is 1. The molecule has 0 spiro atoms. The first kappa shape index (κ1) is 17.2. The Balaban J connectivity index is 3.01. The molecule has 1 aromatic carbocycles. The first-order chi connectivity index (χ1) is 10.1. The van der Waals surface area contributed by atoms with Crippen molar-refractivity contribution >= 4 is 5.78 Å². The van der Waals surface area contributed by atoms with Gasteiger partial charge in [0.05, 0.1) is 13.2 Å². The summed E-state index contributed by atoms with van der Waals surface area (Å²) in [6, 6.07) is 7.75. The Morgan fingerprint density at radius 3 is 2.62 bits per heavy atom. The van der Waals surface area contributed by atoms with Crippen LogP contribution in [-0.2, 0) is 4.79 Å². The minimum Gasteiger partial charge on any atom is -0.496 e. The SMILES string of the molecule is CCCCC(CC)C(=O)C(C#N)c1ccc(C)c(OC)c1. The van der Waals surface area contributed by atoms with Crippen LogP contribution < -0.4 is 4.74 Å². The van der Waals surface area contributed by atoms with Crippen molar-refractivity contribution in [3.05, 3.63) is 29.3 Å². The first-order valence-electron chi connectivity index (χ1n) is 7.66. The van der Waals surface area contributed by atoms with Gasteiger partial charge in [0.15, 0.2) is 5.78 Å². The minimum atomic E-state index is -0.693. The van der Waals surface area contributed by atoms with Crippen molar-refractivity contribution in [3.63, 3.8) is 0 Å². The van der Waals surface area contributed by atoms with Crippen LogP contribution in [0.4, 0.5) is 0 Å². The highest BCUT2D eigenvalue weighted by Gasteiger charge is 2.27. The number of unbranched alkanes of at least 4 members (excludes halogenated alkanes) is 1. The van der Waals surface area contributed by atoms with Crippen LogP contribution in [0.1, 0.15) is 56.6 Å². The van der Waals surface area contributed by atoms with Gasteiger partial charge < -0.3 is 4.74 Å². The van der Waals surface area contributed by atoms with Crippen molar-refractivity contribution in [1.29, 1.82) is 5.26 Å². The Bertz CT molecular complexity index is 516. The fraction of sp³-hybridized carbons (Fsp3) is 0.556. The van der Waals surface area contributed by atoms with E-state index in [0.717, 1.165) is 42.6 Å². The number of ketones is 1. The third kappa shape index (κ3) is 4.32. The number of methoxy groups -OCH3 is 1. The molecule has 3 heteroatoms. The molecule has 0 saturated heterocycles. The second kappa shape index (κ2) is 8.46. The van der Waals surface area contributed by atoms with E-state index in [0.29, 0.717) is 0 Å². The quantitative estimate of drug-likeness (QED) is 0.712. The predicted molar refractivity (Wildman–Crippen MR) is 84.4 cm³/mol. The molecule has 0 saturated carbocycles. The Labute approximate surface area is 127 Å². The molecule has 0 amide bonds. The van der Waals surface area contributed by atoms with E-state index in [4.69, 9.17) is 4.74 Å². The molecule has 114 valence electrons. The predicted octanol–water partition coefficient (Wildman–Crippen LogP) is 4.40. The van der Waals surface area contributed by atoms with E-state index in [-0.39, 0.29) is 11.7 Å². The van der Waals surface area contributed by atoms with Gasteiger partial charge >= 0.3 is 0 Å². The van der Waals surface area contributed by atoms with Gasteiger partial charge in [0, 0.05) is 5.92 Å². The third-order valence-corrected chi connectivity index (χ3v) is 3.98. The second-order valence-electron chi connectivity index (χ2n) is 5.44. The zero-order valence-electron chi connectivity index (χ0n) is 13.5. The standard InChI is InChI=1S/C18H25NO2/c1-5-7-8-14(6-2)18(20)16(12-19)15-10-9-13(3)17(11-15)21-4/h9-11,14,16H,5-8H2,1-4H3. The molecule has 21 heavy (non-hydrogen) atoms. The monoisotopic (exact) mass is 287 g/mol. The first-order valence-corrected chi connectivity index (χ1v) is 7.66. The molecule has 0 fully saturated rings. The number of carbonyl (C=O) groups is 1. The Morgan fingerprint density at radius 2 is 2.10 bits per heavy atom. The van der Waals surface area contributed by atoms with Crippen molar-refractivity contribution in [1.82, 2.24) is 0 Å². The Kier molecular flexibility index (Phi) is 6.94. The van der Waals surface area contributed by atoms with E-state index < -0.39 is 5.92 Å². The van der Waals surface area contributed by atoms with Crippen molar-refractivity contribution in [2.75, 3.05) is 7.11 Å².